The Kier molecular flexibility index (Phi) is 6.30. The zero-order valence-corrected chi connectivity index (χ0v) is 19.5. The number of anilines is 1. The molecule has 0 aliphatic rings. The second kappa shape index (κ2) is 9.14. The van der Waals surface area contributed by atoms with Gasteiger partial charge in [-0.15, -0.1) is 11.3 Å². The fourth-order valence-electron chi connectivity index (χ4n) is 3.53. The highest BCUT2D eigenvalue weighted by Crippen LogP contribution is 2.36. The van der Waals surface area contributed by atoms with Crippen molar-refractivity contribution in [3.63, 3.8) is 0 Å². The van der Waals surface area contributed by atoms with Crippen LogP contribution in [0.2, 0.25) is 5.02 Å². The van der Waals surface area contributed by atoms with Gasteiger partial charge in [-0.3, -0.25) is 14.2 Å². The number of thiophene rings is 1. The van der Waals surface area contributed by atoms with Gasteiger partial charge in [-0.1, -0.05) is 23.7 Å². The fraction of sp³-hybridized carbons (Fsp3) is 0.208. The molecule has 8 heteroatoms. The number of hydrogen-bond donors (Lipinski definition) is 1. The Labute approximate surface area is 194 Å². The van der Waals surface area contributed by atoms with Gasteiger partial charge in [0.2, 0.25) is 5.91 Å². The molecule has 2 aromatic carbocycles. The van der Waals surface area contributed by atoms with E-state index in [-0.39, 0.29) is 11.5 Å². The quantitative estimate of drug-likeness (QED) is 0.395. The average Bonchev–Trinajstić information content (AvgIpc) is 3.12. The lowest BCUT2D eigenvalue weighted by Crippen LogP contribution is -2.31. The van der Waals surface area contributed by atoms with Gasteiger partial charge in [0.1, 0.15) is 16.6 Å². The highest BCUT2D eigenvalue weighted by Gasteiger charge is 2.22. The Morgan fingerprint density at radius 2 is 1.88 bits per heavy atom. The third-order valence-electron chi connectivity index (χ3n) is 5.18. The maximum atomic E-state index is 13.4. The molecule has 1 amide bonds. The van der Waals surface area contributed by atoms with Crippen molar-refractivity contribution >= 4 is 44.7 Å². The number of rotatable bonds is 6. The number of fused-ring (bicyclic) bond motifs is 1. The number of amides is 1. The van der Waals surface area contributed by atoms with E-state index in [9.17, 15) is 9.59 Å². The average molecular weight is 468 g/mol. The molecule has 0 bridgehead atoms. The van der Waals surface area contributed by atoms with Crippen molar-refractivity contribution in [3.05, 3.63) is 75.1 Å². The first-order valence-electron chi connectivity index (χ1n) is 10.2. The molecule has 32 heavy (non-hydrogen) atoms. The molecule has 164 valence electrons. The van der Waals surface area contributed by atoms with Gasteiger partial charge < -0.3 is 10.1 Å². The van der Waals surface area contributed by atoms with Crippen molar-refractivity contribution < 1.29 is 9.53 Å². The molecule has 1 N–H and O–H groups in total. The summed E-state index contributed by atoms with van der Waals surface area (Å²) in [5.41, 5.74) is 2.09. The lowest BCUT2D eigenvalue weighted by Gasteiger charge is -2.15. The van der Waals surface area contributed by atoms with Crippen LogP contribution in [-0.4, -0.2) is 22.1 Å². The first-order chi connectivity index (χ1) is 15.4. The van der Waals surface area contributed by atoms with Crippen molar-refractivity contribution in [1.82, 2.24) is 9.55 Å². The van der Waals surface area contributed by atoms with Crippen molar-refractivity contribution in [3.8, 4) is 16.9 Å². The molecular formula is C24H22ClN3O3S. The summed E-state index contributed by atoms with van der Waals surface area (Å²) in [7, 11) is 0. The van der Waals surface area contributed by atoms with Gasteiger partial charge in [0.15, 0.2) is 0 Å². The monoisotopic (exact) mass is 467 g/mol. The zero-order chi connectivity index (χ0) is 22.8. The van der Waals surface area contributed by atoms with E-state index in [0.29, 0.717) is 27.5 Å². The minimum atomic E-state index is -0.746. The van der Waals surface area contributed by atoms with Gasteiger partial charge >= 0.3 is 0 Å². The van der Waals surface area contributed by atoms with Crippen molar-refractivity contribution in [1.29, 1.82) is 0 Å². The molecule has 2 heterocycles. The second-order valence-corrected chi connectivity index (χ2v) is 8.94. The molecule has 1 atom stereocenters. The minimum Gasteiger partial charge on any atom is -0.494 e. The summed E-state index contributed by atoms with van der Waals surface area (Å²) >= 11 is 7.49. The normalized spacial score (nSPS) is 12.0. The lowest BCUT2D eigenvalue weighted by molar-refractivity contribution is -0.118. The van der Waals surface area contributed by atoms with Crippen molar-refractivity contribution in [2.45, 2.75) is 26.8 Å². The van der Waals surface area contributed by atoms with Crippen LogP contribution in [0.5, 0.6) is 5.75 Å². The van der Waals surface area contributed by atoms with Crippen LogP contribution < -0.4 is 15.6 Å². The van der Waals surface area contributed by atoms with Crippen LogP contribution >= 0.6 is 22.9 Å². The molecule has 0 aliphatic heterocycles. The number of carbonyl (C=O) groups is 1. The van der Waals surface area contributed by atoms with E-state index >= 15 is 0 Å². The number of nitrogens with zero attached hydrogens (tertiary/aromatic N) is 2. The Balaban J connectivity index is 1.67. The molecule has 6 nitrogen and oxygen atoms in total. The topological polar surface area (TPSA) is 73.2 Å². The maximum Gasteiger partial charge on any atom is 0.263 e. The van der Waals surface area contributed by atoms with Crippen LogP contribution in [0.4, 0.5) is 5.69 Å². The number of carbonyl (C=O) groups excluding carboxylic acids is 1. The second-order valence-electron chi connectivity index (χ2n) is 7.30. The van der Waals surface area contributed by atoms with Gasteiger partial charge in [0.05, 0.1) is 18.3 Å². The van der Waals surface area contributed by atoms with Gasteiger partial charge in [-0.25, -0.2) is 4.98 Å². The molecule has 2 aromatic heterocycles. The minimum absolute atomic E-state index is 0.251. The highest BCUT2D eigenvalue weighted by molar-refractivity contribution is 7.19. The van der Waals surface area contributed by atoms with E-state index < -0.39 is 6.04 Å². The summed E-state index contributed by atoms with van der Waals surface area (Å²) in [4.78, 5) is 32.4. The molecule has 0 fully saturated rings. The smallest absolute Gasteiger partial charge is 0.263 e. The van der Waals surface area contributed by atoms with Crippen LogP contribution in [-0.2, 0) is 4.79 Å². The van der Waals surface area contributed by atoms with E-state index in [2.05, 4.69) is 10.3 Å². The number of hydrogen-bond acceptors (Lipinski definition) is 5. The van der Waals surface area contributed by atoms with E-state index in [4.69, 9.17) is 16.3 Å². The Bertz CT molecular complexity index is 1330. The molecular weight excluding hydrogens is 446 g/mol. The Hall–Kier alpha value is -3.16. The van der Waals surface area contributed by atoms with E-state index in [1.54, 1.807) is 43.3 Å². The third kappa shape index (κ3) is 4.26. The molecule has 0 radical (unpaired) electrons. The van der Waals surface area contributed by atoms with Gasteiger partial charge in [0, 0.05) is 21.2 Å². The number of ether oxygens (including phenoxy) is 1. The number of halogens is 1. The predicted molar refractivity (Wildman–Crippen MR) is 130 cm³/mol. The van der Waals surface area contributed by atoms with Crippen LogP contribution in [0, 0.1) is 6.92 Å². The lowest BCUT2D eigenvalue weighted by atomic mass is 10.0. The molecule has 0 aliphatic carbocycles. The number of benzene rings is 2. The summed E-state index contributed by atoms with van der Waals surface area (Å²) in [6.07, 6.45) is 1.44. The Morgan fingerprint density at radius 1 is 1.19 bits per heavy atom. The SMILES string of the molecule is CCOc1ccc(NC(=O)C(C)n2cnc3sc(C)c(-c4ccc(Cl)cc4)c3c2=O)cc1. The number of aryl methyl sites for hydroxylation is 1. The Morgan fingerprint density at radius 3 is 2.53 bits per heavy atom. The van der Waals surface area contributed by atoms with Crippen molar-refractivity contribution in [2.75, 3.05) is 11.9 Å². The van der Waals surface area contributed by atoms with E-state index in [1.165, 1.54) is 22.2 Å². The standard InChI is InChI=1S/C24H22ClN3O3S/c1-4-31-19-11-9-18(10-12-19)27-22(29)14(2)28-13-26-23-21(24(28)30)20(15(3)32-23)16-5-7-17(25)8-6-16/h5-14H,4H2,1-3H3,(H,27,29). The van der Waals surface area contributed by atoms with Gasteiger partial charge in [-0.2, -0.15) is 0 Å². The molecule has 1 unspecified atom stereocenters. The first kappa shape index (κ1) is 22.0. The van der Waals surface area contributed by atoms with Crippen LogP contribution in [0.3, 0.4) is 0 Å². The van der Waals surface area contributed by atoms with E-state index in [0.717, 1.165) is 21.8 Å². The van der Waals surface area contributed by atoms with Gasteiger partial charge in [-0.05, 0) is 62.7 Å². The van der Waals surface area contributed by atoms with Gasteiger partial charge in [0.25, 0.3) is 5.56 Å². The molecule has 4 aromatic rings. The number of aromatic nitrogens is 2. The fourth-order valence-corrected chi connectivity index (χ4v) is 4.66. The molecule has 4 rings (SSSR count). The van der Waals surface area contributed by atoms with E-state index in [1.807, 2.05) is 26.0 Å². The summed E-state index contributed by atoms with van der Waals surface area (Å²) in [6.45, 7) is 6.12. The molecule has 0 saturated heterocycles. The number of nitrogens with one attached hydrogen (secondary N) is 1. The summed E-state index contributed by atoms with van der Waals surface area (Å²) in [6, 6.07) is 13.7. The predicted octanol–water partition coefficient (Wildman–Crippen LogP) is 5.69. The highest BCUT2D eigenvalue weighted by atomic mass is 35.5. The zero-order valence-electron chi connectivity index (χ0n) is 17.9. The summed E-state index contributed by atoms with van der Waals surface area (Å²) < 4.78 is 6.80. The van der Waals surface area contributed by atoms with Crippen LogP contribution in [0.1, 0.15) is 24.8 Å². The maximum absolute atomic E-state index is 13.4. The van der Waals surface area contributed by atoms with Crippen LogP contribution in [0.25, 0.3) is 21.3 Å². The third-order valence-corrected chi connectivity index (χ3v) is 6.44. The van der Waals surface area contributed by atoms with Crippen molar-refractivity contribution in [2.24, 2.45) is 0 Å². The van der Waals surface area contributed by atoms with Crippen LogP contribution in [0.15, 0.2) is 59.7 Å². The first-order valence-corrected chi connectivity index (χ1v) is 11.4. The largest absolute Gasteiger partial charge is 0.494 e. The summed E-state index contributed by atoms with van der Waals surface area (Å²) in [5.74, 6) is 0.421. The molecule has 0 spiro atoms. The summed E-state index contributed by atoms with van der Waals surface area (Å²) in [5, 5.41) is 3.99. The molecule has 0 saturated carbocycles.